The Labute approximate surface area is 129 Å². The van der Waals surface area contributed by atoms with Crippen LogP contribution >= 0.6 is 11.3 Å². The Bertz CT molecular complexity index is 678. The molecule has 0 aliphatic rings. The fraction of sp³-hybridized carbons (Fsp3) is 0.357. The van der Waals surface area contributed by atoms with Crippen molar-refractivity contribution >= 4 is 21.4 Å². The monoisotopic (exact) mass is 326 g/mol. The van der Waals surface area contributed by atoms with Gasteiger partial charge in [-0.05, 0) is 31.2 Å². The van der Waals surface area contributed by atoms with Crippen LogP contribution in [0.3, 0.4) is 0 Å². The Kier molecular flexibility index (Phi) is 5.33. The minimum absolute atomic E-state index is 0.0984. The van der Waals surface area contributed by atoms with Crippen LogP contribution in [0.25, 0.3) is 10.6 Å². The highest BCUT2D eigenvalue weighted by Gasteiger charge is 2.08. The van der Waals surface area contributed by atoms with Crippen molar-refractivity contribution in [2.75, 3.05) is 19.4 Å². The number of ether oxygens (including phenoxy) is 1. The van der Waals surface area contributed by atoms with Crippen molar-refractivity contribution in [2.24, 2.45) is 0 Å². The summed E-state index contributed by atoms with van der Waals surface area (Å²) in [6, 6.07) is 7.71. The number of methoxy groups -OCH3 is 1. The smallest absolute Gasteiger partial charge is 0.211 e. The van der Waals surface area contributed by atoms with Gasteiger partial charge in [0.2, 0.25) is 10.0 Å². The zero-order chi connectivity index (χ0) is 15.3. The van der Waals surface area contributed by atoms with E-state index in [9.17, 15) is 8.42 Å². The Morgan fingerprint density at radius 2 is 2.00 bits per heavy atom. The van der Waals surface area contributed by atoms with Crippen molar-refractivity contribution in [2.45, 2.75) is 13.3 Å². The lowest BCUT2D eigenvalue weighted by atomic mass is 10.2. The number of nitrogens with one attached hydrogen (secondary N) is 1. The summed E-state index contributed by atoms with van der Waals surface area (Å²) in [7, 11) is -1.50. The van der Waals surface area contributed by atoms with Gasteiger partial charge >= 0.3 is 0 Å². The molecule has 5 nitrogen and oxygen atoms in total. The molecule has 0 aliphatic heterocycles. The number of hydrogen-bond donors (Lipinski definition) is 1. The summed E-state index contributed by atoms with van der Waals surface area (Å²) in [4.78, 5) is 4.52. The zero-order valence-electron chi connectivity index (χ0n) is 12.0. The van der Waals surface area contributed by atoms with Crippen LogP contribution in [-0.2, 0) is 16.4 Å². The van der Waals surface area contributed by atoms with Crippen LogP contribution in [0.2, 0.25) is 0 Å². The van der Waals surface area contributed by atoms with E-state index in [1.807, 2.05) is 29.6 Å². The first-order valence-corrected chi connectivity index (χ1v) is 9.13. The lowest BCUT2D eigenvalue weighted by Crippen LogP contribution is -2.27. The molecule has 2 aromatic rings. The normalized spacial score (nSPS) is 11.5. The molecule has 0 saturated carbocycles. The van der Waals surface area contributed by atoms with Gasteiger partial charge in [0.05, 0.1) is 18.6 Å². The van der Waals surface area contributed by atoms with Crippen LogP contribution in [0.1, 0.15) is 12.6 Å². The maximum atomic E-state index is 11.3. The minimum Gasteiger partial charge on any atom is -0.497 e. The quantitative estimate of drug-likeness (QED) is 0.848. The average Bonchev–Trinajstić information content (AvgIpc) is 2.96. The largest absolute Gasteiger partial charge is 0.497 e. The van der Waals surface area contributed by atoms with E-state index < -0.39 is 10.0 Å². The van der Waals surface area contributed by atoms with Gasteiger partial charge < -0.3 is 4.74 Å². The molecule has 1 aromatic carbocycles. The highest BCUT2D eigenvalue weighted by Crippen LogP contribution is 2.25. The Hall–Kier alpha value is -1.44. The predicted octanol–water partition coefficient (Wildman–Crippen LogP) is 2.30. The van der Waals surface area contributed by atoms with E-state index in [1.54, 1.807) is 25.4 Å². The maximum absolute atomic E-state index is 11.3. The topological polar surface area (TPSA) is 68.3 Å². The summed E-state index contributed by atoms with van der Waals surface area (Å²) in [5.41, 5.74) is 1.92. The lowest BCUT2D eigenvalue weighted by Gasteiger charge is -2.02. The summed E-state index contributed by atoms with van der Waals surface area (Å²) in [6.07, 6.45) is 0.589. The van der Waals surface area contributed by atoms with Crippen molar-refractivity contribution in [1.29, 1.82) is 0 Å². The van der Waals surface area contributed by atoms with Crippen molar-refractivity contribution in [1.82, 2.24) is 9.71 Å². The maximum Gasteiger partial charge on any atom is 0.211 e. The lowest BCUT2D eigenvalue weighted by molar-refractivity contribution is 0.415. The summed E-state index contributed by atoms with van der Waals surface area (Å²) in [5, 5.41) is 2.88. The summed E-state index contributed by atoms with van der Waals surface area (Å²) in [5.74, 6) is 0.908. The highest BCUT2D eigenvalue weighted by molar-refractivity contribution is 7.89. The van der Waals surface area contributed by atoms with Crippen LogP contribution in [0, 0.1) is 0 Å². The van der Waals surface area contributed by atoms with Gasteiger partial charge in [0.15, 0.2) is 0 Å². The summed E-state index contributed by atoms with van der Waals surface area (Å²) >= 11 is 1.55. The second-order valence-corrected chi connectivity index (χ2v) is 7.37. The van der Waals surface area contributed by atoms with Crippen LogP contribution in [0.5, 0.6) is 5.75 Å². The van der Waals surface area contributed by atoms with Gasteiger partial charge in [0.25, 0.3) is 0 Å². The number of aromatic nitrogens is 1. The molecule has 0 bridgehead atoms. The number of rotatable bonds is 7. The fourth-order valence-electron chi connectivity index (χ4n) is 1.72. The van der Waals surface area contributed by atoms with Gasteiger partial charge in [-0.15, -0.1) is 11.3 Å². The molecule has 0 atom stereocenters. The minimum atomic E-state index is -3.13. The second kappa shape index (κ2) is 7.02. The van der Waals surface area contributed by atoms with Crippen LogP contribution < -0.4 is 9.46 Å². The average molecular weight is 326 g/mol. The molecule has 0 radical (unpaired) electrons. The third-order valence-corrected chi connectivity index (χ3v) is 5.32. The predicted molar refractivity (Wildman–Crippen MR) is 85.3 cm³/mol. The van der Waals surface area contributed by atoms with Crippen molar-refractivity contribution in [3.8, 4) is 16.3 Å². The number of nitrogens with zero attached hydrogens (tertiary/aromatic N) is 1. The molecule has 0 fully saturated rings. The van der Waals surface area contributed by atoms with Crippen LogP contribution in [0.15, 0.2) is 29.6 Å². The van der Waals surface area contributed by atoms with Crippen LogP contribution in [-0.4, -0.2) is 32.8 Å². The fourth-order valence-corrected chi connectivity index (χ4v) is 3.20. The zero-order valence-corrected chi connectivity index (χ0v) is 13.6. The van der Waals surface area contributed by atoms with Crippen molar-refractivity contribution in [3.63, 3.8) is 0 Å². The third-order valence-electron chi connectivity index (χ3n) is 2.97. The van der Waals surface area contributed by atoms with Gasteiger partial charge in [0.1, 0.15) is 10.8 Å². The molecule has 114 valence electrons. The van der Waals surface area contributed by atoms with Crippen molar-refractivity contribution < 1.29 is 13.2 Å². The molecule has 0 unspecified atom stereocenters. The molecule has 0 spiro atoms. The molecule has 21 heavy (non-hydrogen) atoms. The van der Waals surface area contributed by atoms with E-state index in [0.717, 1.165) is 22.0 Å². The first-order valence-electron chi connectivity index (χ1n) is 6.60. The molecule has 1 N–H and O–H groups in total. The van der Waals surface area contributed by atoms with E-state index in [1.165, 1.54) is 0 Å². The first-order chi connectivity index (χ1) is 10.0. The SMILES string of the molecule is CCS(=O)(=O)NCCc1csc(-c2ccc(OC)cc2)n1. The molecule has 1 heterocycles. The molecule has 0 aliphatic carbocycles. The number of sulfonamides is 1. The van der Waals surface area contributed by atoms with Gasteiger partial charge in [-0.1, -0.05) is 0 Å². The molecule has 0 amide bonds. The first kappa shape index (κ1) is 15.9. The number of hydrogen-bond acceptors (Lipinski definition) is 5. The van der Waals surface area contributed by atoms with E-state index in [4.69, 9.17) is 4.74 Å². The second-order valence-electron chi connectivity index (χ2n) is 4.42. The summed E-state index contributed by atoms with van der Waals surface area (Å²) < 4.78 is 30.3. The Morgan fingerprint density at radius 1 is 1.29 bits per heavy atom. The standard InChI is InChI=1S/C14H18N2O3S2/c1-3-21(17,18)15-9-8-12-10-20-14(16-12)11-4-6-13(19-2)7-5-11/h4-7,10,15H,3,8-9H2,1-2H3. The van der Waals surface area contributed by atoms with Gasteiger partial charge in [-0.2, -0.15) is 0 Å². The van der Waals surface area contributed by atoms with E-state index in [-0.39, 0.29) is 5.75 Å². The molecule has 0 saturated heterocycles. The van der Waals surface area contributed by atoms with E-state index in [0.29, 0.717) is 13.0 Å². The van der Waals surface area contributed by atoms with Gasteiger partial charge in [-0.25, -0.2) is 18.1 Å². The molecular formula is C14H18N2O3S2. The highest BCUT2D eigenvalue weighted by atomic mass is 32.2. The Balaban J connectivity index is 1.97. The number of thiazole rings is 1. The third kappa shape index (κ3) is 4.52. The molecular weight excluding hydrogens is 308 g/mol. The van der Waals surface area contributed by atoms with Gasteiger partial charge in [0, 0.05) is 23.9 Å². The Morgan fingerprint density at radius 3 is 2.62 bits per heavy atom. The molecule has 7 heteroatoms. The van der Waals surface area contributed by atoms with Crippen LogP contribution in [0.4, 0.5) is 0 Å². The number of benzene rings is 1. The van der Waals surface area contributed by atoms with Crippen molar-refractivity contribution in [3.05, 3.63) is 35.3 Å². The van der Waals surface area contributed by atoms with E-state index >= 15 is 0 Å². The summed E-state index contributed by atoms with van der Waals surface area (Å²) in [6.45, 7) is 1.99. The van der Waals surface area contributed by atoms with E-state index in [2.05, 4.69) is 9.71 Å². The molecule has 1 aromatic heterocycles. The van der Waals surface area contributed by atoms with Gasteiger partial charge in [-0.3, -0.25) is 0 Å². The molecule has 2 rings (SSSR count).